The topological polar surface area (TPSA) is 53.7 Å². The van der Waals surface area contributed by atoms with E-state index in [-0.39, 0.29) is 6.04 Å². The number of methoxy groups -OCH3 is 1. The maximum absolute atomic E-state index is 5.50. The highest BCUT2D eigenvalue weighted by Crippen LogP contribution is 1.86. The lowest BCUT2D eigenvalue weighted by atomic mass is 10.4. The van der Waals surface area contributed by atoms with Gasteiger partial charge in [-0.05, 0) is 13.3 Å². The molecule has 0 fully saturated rings. The average Bonchev–Trinajstić information content (AvgIpc) is 2.09. The Morgan fingerprint density at radius 1 is 1.08 bits per heavy atom. The van der Waals surface area contributed by atoms with Crippen LogP contribution < -0.4 is 5.73 Å². The van der Waals surface area contributed by atoms with Crippen molar-refractivity contribution in [1.82, 2.24) is 0 Å². The van der Waals surface area contributed by atoms with E-state index in [4.69, 9.17) is 19.9 Å². The van der Waals surface area contributed by atoms with E-state index in [9.17, 15) is 0 Å². The van der Waals surface area contributed by atoms with Crippen LogP contribution in [0.15, 0.2) is 0 Å². The Balaban J connectivity index is 2.84. The zero-order valence-corrected chi connectivity index (χ0v) is 8.62. The molecule has 13 heavy (non-hydrogen) atoms. The van der Waals surface area contributed by atoms with Crippen molar-refractivity contribution in [3.63, 3.8) is 0 Å². The lowest BCUT2D eigenvalue weighted by Crippen LogP contribution is -2.22. The van der Waals surface area contributed by atoms with Gasteiger partial charge in [-0.1, -0.05) is 0 Å². The molecule has 0 amide bonds. The summed E-state index contributed by atoms with van der Waals surface area (Å²) < 4.78 is 15.3. The molecule has 0 heterocycles. The molecular weight excluding hydrogens is 170 g/mol. The molecule has 80 valence electrons. The van der Waals surface area contributed by atoms with E-state index in [1.54, 1.807) is 7.11 Å². The number of hydrogen-bond acceptors (Lipinski definition) is 4. The van der Waals surface area contributed by atoms with Gasteiger partial charge in [-0.2, -0.15) is 0 Å². The van der Waals surface area contributed by atoms with Gasteiger partial charge in [0.2, 0.25) is 0 Å². The van der Waals surface area contributed by atoms with Crippen LogP contribution in [0.1, 0.15) is 13.3 Å². The summed E-state index contributed by atoms with van der Waals surface area (Å²) in [7, 11) is 1.66. The van der Waals surface area contributed by atoms with Gasteiger partial charge in [-0.15, -0.1) is 0 Å². The molecule has 2 N–H and O–H groups in total. The predicted molar refractivity (Wildman–Crippen MR) is 51.8 cm³/mol. The second-order valence-corrected chi connectivity index (χ2v) is 3.01. The Bertz CT molecular complexity index is 98.9. The van der Waals surface area contributed by atoms with Gasteiger partial charge >= 0.3 is 0 Å². The minimum absolute atomic E-state index is 0.120. The lowest BCUT2D eigenvalue weighted by molar-refractivity contribution is 0.0498. The van der Waals surface area contributed by atoms with Crippen LogP contribution in [0.3, 0.4) is 0 Å². The summed E-state index contributed by atoms with van der Waals surface area (Å²) in [6.45, 7) is 5.30. The smallest absolute Gasteiger partial charge is 0.0700 e. The quantitative estimate of drug-likeness (QED) is 0.536. The summed E-state index contributed by atoms with van der Waals surface area (Å²) in [6, 6.07) is 0.120. The summed E-state index contributed by atoms with van der Waals surface area (Å²) in [4.78, 5) is 0. The fourth-order valence-corrected chi connectivity index (χ4v) is 0.777. The SMILES string of the molecule is COCCOCCCOC[C@@H](C)N. The van der Waals surface area contributed by atoms with Gasteiger partial charge in [0.15, 0.2) is 0 Å². The Hall–Kier alpha value is -0.160. The molecule has 4 heteroatoms. The maximum Gasteiger partial charge on any atom is 0.0700 e. The first-order chi connectivity index (χ1) is 6.27. The van der Waals surface area contributed by atoms with Crippen molar-refractivity contribution < 1.29 is 14.2 Å². The molecule has 0 bridgehead atoms. The van der Waals surface area contributed by atoms with E-state index in [0.29, 0.717) is 26.4 Å². The molecular formula is C9H21NO3. The van der Waals surface area contributed by atoms with Crippen molar-refractivity contribution in [2.45, 2.75) is 19.4 Å². The normalized spacial score (nSPS) is 13.2. The van der Waals surface area contributed by atoms with Crippen LogP contribution in [0, 0.1) is 0 Å². The first kappa shape index (κ1) is 12.8. The zero-order valence-electron chi connectivity index (χ0n) is 8.62. The summed E-state index contributed by atoms with van der Waals surface area (Å²) in [5.41, 5.74) is 5.50. The molecule has 0 radical (unpaired) electrons. The third-order valence-corrected chi connectivity index (χ3v) is 1.39. The van der Waals surface area contributed by atoms with Crippen LogP contribution in [-0.4, -0.2) is 46.2 Å². The lowest BCUT2D eigenvalue weighted by Gasteiger charge is -2.07. The molecule has 0 spiro atoms. The third kappa shape index (κ3) is 11.8. The summed E-state index contributed by atoms with van der Waals surface area (Å²) in [5, 5.41) is 0. The molecule has 0 aliphatic heterocycles. The van der Waals surface area contributed by atoms with Crippen molar-refractivity contribution in [3.05, 3.63) is 0 Å². The minimum Gasteiger partial charge on any atom is -0.382 e. The molecule has 0 saturated heterocycles. The highest BCUT2D eigenvalue weighted by atomic mass is 16.5. The molecule has 4 nitrogen and oxygen atoms in total. The first-order valence-corrected chi connectivity index (χ1v) is 4.67. The average molecular weight is 191 g/mol. The van der Waals surface area contributed by atoms with Crippen LogP contribution in [0.2, 0.25) is 0 Å². The first-order valence-electron chi connectivity index (χ1n) is 4.67. The molecule has 0 aromatic heterocycles. The highest BCUT2D eigenvalue weighted by Gasteiger charge is 1.93. The van der Waals surface area contributed by atoms with Gasteiger partial charge in [0.25, 0.3) is 0 Å². The van der Waals surface area contributed by atoms with E-state index < -0.39 is 0 Å². The standard InChI is InChI=1S/C9H21NO3/c1-9(10)8-13-5-3-4-12-7-6-11-2/h9H,3-8,10H2,1-2H3/t9-/m1/s1. The largest absolute Gasteiger partial charge is 0.382 e. The zero-order chi connectivity index (χ0) is 9.94. The molecule has 0 aromatic carbocycles. The molecule has 1 atom stereocenters. The molecule has 0 saturated carbocycles. The predicted octanol–water partition coefficient (Wildman–Crippen LogP) is 0.403. The van der Waals surface area contributed by atoms with Gasteiger partial charge in [-0.25, -0.2) is 0 Å². The van der Waals surface area contributed by atoms with E-state index in [1.165, 1.54) is 0 Å². The monoisotopic (exact) mass is 191 g/mol. The van der Waals surface area contributed by atoms with Crippen molar-refractivity contribution in [3.8, 4) is 0 Å². The second kappa shape index (κ2) is 9.92. The second-order valence-electron chi connectivity index (χ2n) is 3.01. The molecule has 0 aliphatic rings. The molecule has 0 aromatic rings. The van der Waals surface area contributed by atoms with Gasteiger partial charge < -0.3 is 19.9 Å². The van der Waals surface area contributed by atoms with Gasteiger partial charge in [0.1, 0.15) is 0 Å². The van der Waals surface area contributed by atoms with Gasteiger partial charge in [0, 0.05) is 26.4 Å². The van der Waals surface area contributed by atoms with E-state index in [1.807, 2.05) is 6.92 Å². The summed E-state index contributed by atoms with van der Waals surface area (Å²) in [6.07, 6.45) is 0.913. The van der Waals surface area contributed by atoms with Crippen molar-refractivity contribution in [1.29, 1.82) is 0 Å². The van der Waals surface area contributed by atoms with E-state index in [2.05, 4.69) is 0 Å². The Labute approximate surface area is 80.3 Å². The van der Waals surface area contributed by atoms with Gasteiger partial charge in [0.05, 0.1) is 19.8 Å². The Morgan fingerprint density at radius 2 is 1.77 bits per heavy atom. The maximum atomic E-state index is 5.50. The molecule has 0 rings (SSSR count). The minimum atomic E-state index is 0.120. The number of nitrogens with two attached hydrogens (primary N) is 1. The van der Waals surface area contributed by atoms with Crippen LogP contribution in [-0.2, 0) is 14.2 Å². The fourth-order valence-electron chi connectivity index (χ4n) is 0.777. The Kier molecular flexibility index (Phi) is 9.80. The molecule has 0 aliphatic carbocycles. The van der Waals surface area contributed by atoms with Gasteiger partial charge in [-0.3, -0.25) is 0 Å². The number of ether oxygens (including phenoxy) is 3. The number of hydrogen-bond donors (Lipinski definition) is 1. The Morgan fingerprint density at radius 3 is 2.38 bits per heavy atom. The van der Waals surface area contributed by atoms with Crippen molar-refractivity contribution in [2.75, 3.05) is 40.1 Å². The van der Waals surface area contributed by atoms with Crippen molar-refractivity contribution >= 4 is 0 Å². The van der Waals surface area contributed by atoms with Crippen LogP contribution >= 0.6 is 0 Å². The van der Waals surface area contributed by atoms with Crippen LogP contribution in [0.25, 0.3) is 0 Å². The van der Waals surface area contributed by atoms with Crippen molar-refractivity contribution in [2.24, 2.45) is 5.73 Å². The molecule has 0 unspecified atom stereocenters. The fraction of sp³-hybridized carbons (Fsp3) is 1.00. The van der Waals surface area contributed by atoms with Crippen LogP contribution in [0.4, 0.5) is 0 Å². The summed E-state index contributed by atoms with van der Waals surface area (Å²) in [5.74, 6) is 0. The third-order valence-electron chi connectivity index (χ3n) is 1.39. The van der Waals surface area contributed by atoms with Crippen LogP contribution in [0.5, 0.6) is 0 Å². The summed E-state index contributed by atoms with van der Waals surface area (Å²) >= 11 is 0. The van der Waals surface area contributed by atoms with E-state index in [0.717, 1.165) is 13.0 Å². The highest BCUT2D eigenvalue weighted by molar-refractivity contribution is 4.48. The number of rotatable bonds is 9. The van der Waals surface area contributed by atoms with E-state index >= 15 is 0 Å².